The first-order valence-electron chi connectivity index (χ1n) is 5.29. The Morgan fingerprint density at radius 3 is 2.67 bits per heavy atom. The van der Waals surface area contributed by atoms with Crippen LogP contribution in [-0.4, -0.2) is 13.2 Å². The highest BCUT2D eigenvalue weighted by Gasteiger charge is 2.02. The summed E-state index contributed by atoms with van der Waals surface area (Å²) < 4.78 is 5.36. The molecule has 0 aliphatic rings. The van der Waals surface area contributed by atoms with Gasteiger partial charge in [0.1, 0.15) is 5.75 Å². The zero-order valence-corrected chi connectivity index (χ0v) is 10.3. The number of hydrogen-bond acceptors (Lipinski definition) is 2. The molecule has 84 valence electrons. The smallest absolute Gasteiger partial charge is 0.138 e. The van der Waals surface area contributed by atoms with E-state index in [9.17, 15) is 0 Å². The van der Waals surface area contributed by atoms with Gasteiger partial charge in [-0.25, -0.2) is 0 Å². The Morgan fingerprint density at radius 2 is 2.13 bits per heavy atom. The van der Waals surface area contributed by atoms with Gasteiger partial charge >= 0.3 is 0 Å². The maximum atomic E-state index is 6.06. The van der Waals surface area contributed by atoms with Crippen LogP contribution >= 0.6 is 11.6 Å². The van der Waals surface area contributed by atoms with Gasteiger partial charge in [0, 0.05) is 12.2 Å². The van der Waals surface area contributed by atoms with Crippen LogP contribution in [0.5, 0.6) is 5.75 Å². The molecule has 0 atom stereocenters. The second kappa shape index (κ2) is 5.86. The number of benzene rings is 1. The van der Waals surface area contributed by atoms with Gasteiger partial charge in [-0.05, 0) is 31.0 Å². The average molecular weight is 228 g/mol. The summed E-state index contributed by atoms with van der Waals surface area (Å²) in [5, 5.41) is 3.97. The highest BCUT2D eigenvalue weighted by atomic mass is 35.5. The molecule has 0 aliphatic heterocycles. The van der Waals surface area contributed by atoms with Gasteiger partial charge in [-0.3, -0.25) is 0 Å². The molecule has 0 aromatic heterocycles. The molecular weight excluding hydrogens is 210 g/mol. The third-order valence-electron chi connectivity index (χ3n) is 1.95. The van der Waals surface area contributed by atoms with E-state index in [1.807, 2.05) is 25.1 Å². The van der Waals surface area contributed by atoms with Crippen molar-refractivity contribution in [1.82, 2.24) is 0 Å². The van der Waals surface area contributed by atoms with Crippen molar-refractivity contribution in [2.75, 3.05) is 18.5 Å². The molecule has 0 unspecified atom stereocenters. The quantitative estimate of drug-likeness (QED) is 0.826. The third kappa shape index (κ3) is 4.00. The number of rotatable bonds is 5. The minimum absolute atomic E-state index is 0.621. The van der Waals surface area contributed by atoms with E-state index in [1.54, 1.807) is 0 Å². The van der Waals surface area contributed by atoms with E-state index in [2.05, 4.69) is 19.2 Å². The summed E-state index contributed by atoms with van der Waals surface area (Å²) in [6, 6.07) is 5.78. The Morgan fingerprint density at radius 1 is 1.40 bits per heavy atom. The second-order valence-electron chi connectivity index (χ2n) is 3.85. The molecule has 0 bridgehead atoms. The van der Waals surface area contributed by atoms with Gasteiger partial charge in [0.15, 0.2) is 0 Å². The second-order valence-corrected chi connectivity index (χ2v) is 4.26. The number of ether oxygens (including phenoxy) is 1. The Bertz CT molecular complexity index is 312. The fourth-order valence-corrected chi connectivity index (χ4v) is 1.44. The summed E-state index contributed by atoms with van der Waals surface area (Å²) in [6.07, 6.45) is 0. The molecule has 0 radical (unpaired) electrons. The van der Waals surface area contributed by atoms with Crippen LogP contribution in [0.15, 0.2) is 18.2 Å². The Labute approximate surface area is 96.6 Å². The maximum absolute atomic E-state index is 6.06. The molecule has 0 heterocycles. The number of anilines is 1. The Kier molecular flexibility index (Phi) is 4.76. The first-order chi connectivity index (χ1) is 7.13. The summed E-state index contributed by atoms with van der Waals surface area (Å²) in [7, 11) is 0. The van der Waals surface area contributed by atoms with Crippen LogP contribution in [0.2, 0.25) is 5.02 Å². The van der Waals surface area contributed by atoms with Crippen molar-refractivity contribution in [3.63, 3.8) is 0 Å². The number of halogens is 1. The average Bonchev–Trinajstić information content (AvgIpc) is 2.19. The fraction of sp³-hybridized carbons (Fsp3) is 0.500. The Balaban J connectivity index is 2.64. The van der Waals surface area contributed by atoms with Crippen LogP contribution < -0.4 is 10.1 Å². The number of hydrogen-bond donors (Lipinski definition) is 1. The molecule has 1 aromatic rings. The van der Waals surface area contributed by atoms with E-state index < -0.39 is 0 Å². The fourth-order valence-electron chi connectivity index (χ4n) is 1.21. The largest absolute Gasteiger partial charge is 0.492 e. The van der Waals surface area contributed by atoms with Gasteiger partial charge in [0.2, 0.25) is 0 Å². The molecule has 0 fully saturated rings. The zero-order valence-electron chi connectivity index (χ0n) is 9.51. The lowest BCUT2D eigenvalue weighted by Crippen LogP contribution is -2.07. The monoisotopic (exact) mass is 227 g/mol. The maximum Gasteiger partial charge on any atom is 0.138 e. The highest BCUT2D eigenvalue weighted by molar-refractivity contribution is 6.32. The lowest BCUT2D eigenvalue weighted by molar-refractivity contribution is 0.340. The van der Waals surface area contributed by atoms with Crippen molar-refractivity contribution in [1.29, 1.82) is 0 Å². The predicted octanol–water partition coefficient (Wildman–Crippen LogP) is 3.81. The lowest BCUT2D eigenvalue weighted by atomic mass is 10.2. The van der Waals surface area contributed by atoms with E-state index in [0.29, 0.717) is 17.5 Å². The van der Waals surface area contributed by atoms with E-state index >= 15 is 0 Å². The molecule has 0 saturated heterocycles. The van der Waals surface area contributed by atoms with E-state index in [1.165, 1.54) is 0 Å². The van der Waals surface area contributed by atoms with Gasteiger partial charge in [-0.1, -0.05) is 25.4 Å². The van der Waals surface area contributed by atoms with Crippen molar-refractivity contribution in [3.8, 4) is 5.75 Å². The van der Waals surface area contributed by atoms with Crippen LogP contribution in [0.1, 0.15) is 20.8 Å². The molecule has 15 heavy (non-hydrogen) atoms. The Hall–Kier alpha value is -0.890. The van der Waals surface area contributed by atoms with Crippen molar-refractivity contribution >= 4 is 17.3 Å². The standard InChI is InChI=1S/C12H18ClNO/c1-4-15-12-6-5-10(7-11(12)13)14-8-9(2)3/h5-7,9,14H,4,8H2,1-3H3. The van der Waals surface area contributed by atoms with Gasteiger partial charge in [-0.15, -0.1) is 0 Å². The highest BCUT2D eigenvalue weighted by Crippen LogP contribution is 2.27. The summed E-state index contributed by atoms with van der Waals surface area (Å²) in [4.78, 5) is 0. The molecule has 1 rings (SSSR count). The molecule has 0 amide bonds. The van der Waals surface area contributed by atoms with E-state index in [0.717, 1.165) is 18.0 Å². The van der Waals surface area contributed by atoms with Crippen molar-refractivity contribution in [3.05, 3.63) is 23.2 Å². The van der Waals surface area contributed by atoms with Crippen molar-refractivity contribution in [2.45, 2.75) is 20.8 Å². The van der Waals surface area contributed by atoms with Gasteiger partial charge in [0.25, 0.3) is 0 Å². The topological polar surface area (TPSA) is 21.3 Å². The summed E-state index contributed by atoms with van der Waals surface area (Å²) in [5.41, 5.74) is 1.04. The summed E-state index contributed by atoms with van der Waals surface area (Å²) in [6.45, 7) is 7.87. The molecular formula is C12H18ClNO. The van der Waals surface area contributed by atoms with Crippen LogP contribution in [-0.2, 0) is 0 Å². The molecule has 1 aromatic carbocycles. The van der Waals surface area contributed by atoms with Crippen LogP contribution in [0.25, 0.3) is 0 Å². The third-order valence-corrected chi connectivity index (χ3v) is 2.24. The minimum Gasteiger partial charge on any atom is -0.492 e. The van der Waals surface area contributed by atoms with Crippen molar-refractivity contribution in [2.24, 2.45) is 5.92 Å². The minimum atomic E-state index is 0.621. The first kappa shape index (κ1) is 12.2. The zero-order chi connectivity index (χ0) is 11.3. The molecule has 1 N–H and O–H groups in total. The molecule has 0 spiro atoms. The summed E-state index contributed by atoms with van der Waals surface area (Å²) >= 11 is 6.06. The van der Waals surface area contributed by atoms with Gasteiger partial charge < -0.3 is 10.1 Å². The molecule has 0 saturated carbocycles. The summed E-state index contributed by atoms with van der Waals surface area (Å²) in [5.74, 6) is 1.37. The molecule has 2 nitrogen and oxygen atoms in total. The van der Waals surface area contributed by atoms with E-state index in [4.69, 9.17) is 16.3 Å². The molecule has 0 aliphatic carbocycles. The van der Waals surface area contributed by atoms with Crippen LogP contribution in [0, 0.1) is 5.92 Å². The van der Waals surface area contributed by atoms with Gasteiger partial charge in [-0.2, -0.15) is 0 Å². The predicted molar refractivity (Wildman–Crippen MR) is 65.9 cm³/mol. The first-order valence-corrected chi connectivity index (χ1v) is 5.67. The van der Waals surface area contributed by atoms with Crippen molar-refractivity contribution < 1.29 is 4.74 Å². The van der Waals surface area contributed by atoms with E-state index in [-0.39, 0.29) is 0 Å². The van der Waals surface area contributed by atoms with Gasteiger partial charge in [0.05, 0.1) is 11.6 Å². The SMILES string of the molecule is CCOc1ccc(NCC(C)C)cc1Cl. The molecule has 3 heteroatoms. The lowest BCUT2D eigenvalue weighted by Gasteiger charge is -2.11. The van der Waals surface area contributed by atoms with Crippen LogP contribution in [0.3, 0.4) is 0 Å². The number of nitrogens with one attached hydrogen (secondary N) is 1. The van der Waals surface area contributed by atoms with Crippen LogP contribution in [0.4, 0.5) is 5.69 Å². The normalized spacial score (nSPS) is 10.5.